The number of benzene rings is 1. The van der Waals surface area contributed by atoms with Crippen molar-refractivity contribution in [2.45, 2.75) is 44.0 Å². The molecule has 0 radical (unpaired) electrons. The summed E-state index contributed by atoms with van der Waals surface area (Å²) in [6.45, 7) is 2.04. The molecule has 0 spiro atoms. The van der Waals surface area contributed by atoms with E-state index < -0.39 is 0 Å². The number of nitrogens with one attached hydrogen (secondary N) is 1. The van der Waals surface area contributed by atoms with Crippen LogP contribution in [0.5, 0.6) is 0 Å². The van der Waals surface area contributed by atoms with Gasteiger partial charge in [0.05, 0.1) is 10.9 Å². The first-order chi connectivity index (χ1) is 9.24. The van der Waals surface area contributed by atoms with Gasteiger partial charge in [-0.2, -0.15) is 0 Å². The SMILES string of the molecule is Cc1cc(NC2CCCCC2Cl)c2ccccc2n1. The van der Waals surface area contributed by atoms with Gasteiger partial charge in [-0.15, -0.1) is 11.6 Å². The lowest BCUT2D eigenvalue weighted by molar-refractivity contribution is 0.470. The molecule has 19 heavy (non-hydrogen) atoms. The molecule has 2 atom stereocenters. The van der Waals surface area contributed by atoms with Crippen LogP contribution in [0.25, 0.3) is 10.9 Å². The largest absolute Gasteiger partial charge is 0.380 e. The number of para-hydroxylation sites is 1. The normalized spacial score (nSPS) is 23.5. The Morgan fingerprint density at radius 3 is 2.84 bits per heavy atom. The number of nitrogens with zero attached hydrogens (tertiary/aromatic N) is 1. The predicted molar refractivity (Wildman–Crippen MR) is 82.0 cm³/mol. The van der Waals surface area contributed by atoms with E-state index in [1.165, 1.54) is 23.9 Å². The number of aromatic nitrogens is 1. The summed E-state index contributed by atoms with van der Waals surface area (Å²) in [4.78, 5) is 4.58. The first-order valence-corrected chi connectivity index (χ1v) is 7.45. The van der Waals surface area contributed by atoms with E-state index >= 15 is 0 Å². The summed E-state index contributed by atoms with van der Waals surface area (Å²) in [5.74, 6) is 0. The molecule has 0 aliphatic heterocycles. The molecule has 1 aromatic heterocycles. The summed E-state index contributed by atoms with van der Waals surface area (Å²) < 4.78 is 0. The molecular weight excluding hydrogens is 256 g/mol. The maximum absolute atomic E-state index is 6.45. The standard InChI is InChI=1S/C16H19ClN2/c1-11-10-16(12-6-2-4-8-14(12)18-11)19-15-9-5-3-7-13(15)17/h2,4,6,8,10,13,15H,3,5,7,9H2,1H3,(H,18,19). The Balaban J connectivity index is 1.95. The molecule has 1 fully saturated rings. The number of rotatable bonds is 2. The van der Waals surface area contributed by atoms with Crippen LogP contribution in [0.4, 0.5) is 5.69 Å². The summed E-state index contributed by atoms with van der Waals surface area (Å²) in [7, 11) is 0. The molecule has 1 aliphatic carbocycles. The maximum Gasteiger partial charge on any atom is 0.0725 e. The van der Waals surface area contributed by atoms with Crippen LogP contribution in [0.15, 0.2) is 30.3 Å². The minimum atomic E-state index is 0.237. The molecule has 100 valence electrons. The topological polar surface area (TPSA) is 24.9 Å². The summed E-state index contributed by atoms with van der Waals surface area (Å²) >= 11 is 6.45. The highest BCUT2D eigenvalue weighted by atomic mass is 35.5. The van der Waals surface area contributed by atoms with Crippen molar-refractivity contribution in [3.8, 4) is 0 Å². The van der Waals surface area contributed by atoms with Gasteiger partial charge in [-0.1, -0.05) is 31.0 Å². The fraction of sp³-hybridized carbons (Fsp3) is 0.438. The molecule has 1 saturated carbocycles. The number of hydrogen-bond donors (Lipinski definition) is 1. The molecule has 3 rings (SSSR count). The first-order valence-electron chi connectivity index (χ1n) is 7.01. The first kappa shape index (κ1) is 12.7. The Morgan fingerprint density at radius 2 is 2.00 bits per heavy atom. The molecule has 1 N–H and O–H groups in total. The van der Waals surface area contributed by atoms with Gasteiger partial charge in [0.2, 0.25) is 0 Å². The molecule has 2 aromatic rings. The van der Waals surface area contributed by atoms with Crippen LogP contribution in [0, 0.1) is 6.92 Å². The predicted octanol–water partition coefficient (Wildman–Crippen LogP) is 4.51. The number of aryl methyl sites for hydroxylation is 1. The zero-order valence-electron chi connectivity index (χ0n) is 11.2. The van der Waals surface area contributed by atoms with Gasteiger partial charge in [0, 0.05) is 22.8 Å². The summed E-state index contributed by atoms with van der Waals surface area (Å²) in [5, 5.41) is 5.06. The average Bonchev–Trinajstić information content (AvgIpc) is 2.41. The van der Waals surface area contributed by atoms with E-state index in [1.807, 2.05) is 13.0 Å². The summed E-state index contributed by atoms with van der Waals surface area (Å²) in [5.41, 5.74) is 3.26. The van der Waals surface area contributed by atoms with Gasteiger partial charge in [0.25, 0.3) is 0 Å². The third-order valence-corrected chi connectivity index (χ3v) is 4.39. The van der Waals surface area contributed by atoms with Crippen LogP contribution in [-0.4, -0.2) is 16.4 Å². The molecule has 1 aliphatic rings. The number of anilines is 1. The van der Waals surface area contributed by atoms with Crippen LogP contribution in [0.2, 0.25) is 0 Å². The van der Waals surface area contributed by atoms with Crippen molar-refractivity contribution in [2.24, 2.45) is 0 Å². The lowest BCUT2D eigenvalue weighted by Gasteiger charge is -2.29. The molecule has 1 aromatic carbocycles. The van der Waals surface area contributed by atoms with E-state index in [2.05, 4.69) is 34.6 Å². The highest BCUT2D eigenvalue weighted by Crippen LogP contribution is 2.29. The molecular formula is C16H19ClN2. The van der Waals surface area contributed by atoms with Crippen LogP contribution in [-0.2, 0) is 0 Å². The minimum Gasteiger partial charge on any atom is -0.380 e. The lowest BCUT2D eigenvalue weighted by Crippen LogP contribution is -2.32. The van der Waals surface area contributed by atoms with Gasteiger partial charge in [0.1, 0.15) is 0 Å². The number of fused-ring (bicyclic) bond motifs is 1. The van der Waals surface area contributed by atoms with Gasteiger partial charge >= 0.3 is 0 Å². The second kappa shape index (κ2) is 5.38. The quantitative estimate of drug-likeness (QED) is 0.816. The van der Waals surface area contributed by atoms with Gasteiger partial charge in [-0.3, -0.25) is 4.98 Å². The van der Waals surface area contributed by atoms with Crippen LogP contribution in [0.1, 0.15) is 31.4 Å². The third-order valence-electron chi connectivity index (χ3n) is 3.87. The highest BCUT2D eigenvalue weighted by Gasteiger charge is 2.23. The summed E-state index contributed by atoms with van der Waals surface area (Å²) in [6.07, 6.45) is 4.79. The zero-order chi connectivity index (χ0) is 13.2. The average molecular weight is 275 g/mol. The van der Waals surface area contributed by atoms with E-state index in [0.717, 1.165) is 24.1 Å². The Kier molecular flexibility index (Phi) is 3.61. The Labute approximate surface area is 119 Å². The van der Waals surface area contributed by atoms with Gasteiger partial charge in [-0.05, 0) is 31.9 Å². The second-order valence-electron chi connectivity index (χ2n) is 5.38. The molecule has 3 heteroatoms. The van der Waals surface area contributed by atoms with Gasteiger partial charge < -0.3 is 5.32 Å². The van der Waals surface area contributed by atoms with E-state index in [4.69, 9.17) is 11.6 Å². The third kappa shape index (κ3) is 2.69. The number of hydrogen-bond acceptors (Lipinski definition) is 2. The summed E-state index contributed by atoms with van der Waals surface area (Å²) in [6, 6.07) is 10.8. The molecule has 2 nitrogen and oxygen atoms in total. The lowest BCUT2D eigenvalue weighted by atomic mass is 9.94. The number of pyridine rings is 1. The van der Waals surface area contributed by atoms with Crippen molar-refractivity contribution in [3.05, 3.63) is 36.0 Å². The molecule has 0 saturated heterocycles. The number of alkyl halides is 1. The second-order valence-corrected chi connectivity index (χ2v) is 5.94. The van der Waals surface area contributed by atoms with Crippen molar-refractivity contribution in [1.29, 1.82) is 0 Å². The van der Waals surface area contributed by atoms with Crippen molar-refractivity contribution < 1.29 is 0 Å². The zero-order valence-corrected chi connectivity index (χ0v) is 12.0. The fourth-order valence-corrected chi connectivity index (χ4v) is 3.22. The fourth-order valence-electron chi connectivity index (χ4n) is 2.88. The number of halogens is 1. The van der Waals surface area contributed by atoms with Crippen LogP contribution in [0.3, 0.4) is 0 Å². The monoisotopic (exact) mass is 274 g/mol. The van der Waals surface area contributed by atoms with E-state index in [0.29, 0.717) is 6.04 Å². The Morgan fingerprint density at radius 1 is 1.21 bits per heavy atom. The van der Waals surface area contributed by atoms with Crippen molar-refractivity contribution in [1.82, 2.24) is 4.98 Å². The molecule has 0 bridgehead atoms. The minimum absolute atomic E-state index is 0.237. The van der Waals surface area contributed by atoms with Crippen LogP contribution >= 0.6 is 11.6 Å². The Hall–Kier alpha value is -1.28. The van der Waals surface area contributed by atoms with Gasteiger partial charge in [0.15, 0.2) is 0 Å². The highest BCUT2D eigenvalue weighted by molar-refractivity contribution is 6.21. The van der Waals surface area contributed by atoms with Crippen LogP contribution < -0.4 is 5.32 Å². The van der Waals surface area contributed by atoms with E-state index in [1.54, 1.807) is 0 Å². The molecule has 0 amide bonds. The molecule has 1 heterocycles. The Bertz CT molecular complexity index is 582. The van der Waals surface area contributed by atoms with Crippen molar-refractivity contribution in [2.75, 3.05) is 5.32 Å². The smallest absolute Gasteiger partial charge is 0.0725 e. The van der Waals surface area contributed by atoms with E-state index in [9.17, 15) is 0 Å². The van der Waals surface area contributed by atoms with Crippen molar-refractivity contribution in [3.63, 3.8) is 0 Å². The molecule has 2 unspecified atom stereocenters. The van der Waals surface area contributed by atoms with Crippen molar-refractivity contribution >= 4 is 28.2 Å². The van der Waals surface area contributed by atoms with Gasteiger partial charge in [-0.25, -0.2) is 0 Å². The maximum atomic E-state index is 6.45. The van der Waals surface area contributed by atoms with E-state index in [-0.39, 0.29) is 5.38 Å².